The molecule has 0 spiro atoms. The van der Waals surface area contributed by atoms with E-state index in [1.54, 1.807) is 17.1 Å². The van der Waals surface area contributed by atoms with E-state index in [4.69, 9.17) is 5.73 Å². The van der Waals surface area contributed by atoms with Crippen LogP contribution in [0.4, 0.5) is 5.69 Å². The Bertz CT molecular complexity index is 524. The summed E-state index contributed by atoms with van der Waals surface area (Å²) in [6.07, 6.45) is 5.47. The third-order valence-electron chi connectivity index (χ3n) is 2.71. The number of hydrogen-bond donors (Lipinski definition) is 2. The molecular weight excluding hydrogens is 242 g/mol. The van der Waals surface area contributed by atoms with Crippen LogP contribution in [-0.2, 0) is 4.79 Å². The van der Waals surface area contributed by atoms with Crippen molar-refractivity contribution in [3.05, 3.63) is 36.7 Å². The zero-order valence-corrected chi connectivity index (χ0v) is 10.6. The van der Waals surface area contributed by atoms with Gasteiger partial charge < -0.3 is 11.1 Å². The van der Waals surface area contributed by atoms with Gasteiger partial charge in [0, 0.05) is 6.42 Å². The monoisotopic (exact) mass is 259 g/mol. The molecule has 1 amide bonds. The molecule has 0 radical (unpaired) electrons. The molecule has 3 N–H and O–H groups in total. The minimum absolute atomic E-state index is 0.0129. The summed E-state index contributed by atoms with van der Waals surface area (Å²) in [5, 5.41) is 10.6. The van der Waals surface area contributed by atoms with Gasteiger partial charge >= 0.3 is 0 Å². The first-order chi connectivity index (χ1) is 9.31. The molecule has 1 heterocycles. The summed E-state index contributed by atoms with van der Waals surface area (Å²) in [6, 6.07) is 7.49. The SMILES string of the molecule is NCCCCC(=O)Nc1ccccc1-n1ccnn1. The van der Waals surface area contributed by atoms with Crippen molar-refractivity contribution >= 4 is 11.6 Å². The third-order valence-corrected chi connectivity index (χ3v) is 2.71. The molecule has 2 rings (SSSR count). The Morgan fingerprint density at radius 1 is 1.32 bits per heavy atom. The van der Waals surface area contributed by atoms with Crippen LogP contribution in [0.15, 0.2) is 36.7 Å². The van der Waals surface area contributed by atoms with E-state index >= 15 is 0 Å². The summed E-state index contributed by atoms with van der Waals surface area (Å²) in [7, 11) is 0. The number of hydrogen-bond acceptors (Lipinski definition) is 4. The average Bonchev–Trinajstić information content (AvgIpc) is 2.93. The van der Waals surface area contributed by atoms with Crippen molar-refractivity contribution in [2.45, 2.75) is 19.3 Å². The summed E-state index contributed by atoms with van der Waals surface area (Å²) >= 11 is 0. The van der Waals surface area contributed by atoms with E-state index < -0.39 is 0 Å². The highest BCUT2D eigenvalue weighted by molar-refractivity contribution is 5.92. The number of anilines is 1. The van der Waals surface area contributed by atoms with E-state index in [9.17, 15) is 4.79 Å². The molecule has 6 nitrogen and oxygen atoms in total. The molecular formula is C13H17N5O. The number of amides is 1. The summed E-state index contributed by atoms with van der Waals surface area (Å²) in [4.78, 5) is 11.8. The van der Waals surface area contributed by atoms with E-state index in [-0.39, 0.29) is 5.91 Å². The van der Waals surface area contributed by atoms with Crippen molar-refractivity contribution in [2.24, 2.45) is 5.73 Å². The van der Waals surface area contributed by atoms with Crippen LogP contribution in [0.25, 0.3) is 5.69 Å². The van der Waals surface area contributed by atoms with Crippen LogP contribution in [0.1, 0.15) is 19.3 Å². The Hall–Kier alpha value is -2.21. The van der Waals surface area contributed by atoms with Crippen LogP contribution in [-0.4, -0.2) is 27.4 Å². The second-order valence-corrected chi connectivity index (χ2v) is 4.16. The number of nitrogens with zero attached hydrogens (tertiary/aromatic N) is 3. The Labute approximate surface area is 111 Å². The predicted molar refractivity (Wildman–Crippen MR) is 72.9 cm³/mol. The van der Waals surface area contributed by atoms with E-state index in [2.05, 4.69) is 15.6 Å². The lowest BCUT2D eigenvalue weighted by molar-refractivity contribution is -0.116. The van der Waals surface area contributed by atoms with Crippen LogP contribution in [0.5, 0.6) is 0 Å². The van der Waals surface area contributed by atoms with Crippen molar-refractivity contribution < 1.29 is 4.79 Å². The van der Waals surface area contributed by atoms with Gasteiger partial charge in [0.05, 0.1) is 23.8 Å². The molecule has 0 saturated heterocycles. The highest BCUT2D eigenvalue weighted by Crippen LogP contribution is 2.18. The van der Waals surface area contributed by atoms with E-state index in [0.717, 1.165) is 24.2 Å². The number of unbranched alkanes of at least 4 members (excludes halogenated alkanes) is 1. The lowest BCUT2D eigenvalue weighted by atomic mass is 10.2. The fraction of sp³-hybridized carbons (Fsp3) is 0.308. The van der Waals surface area contributed by atoms with Crippen LogP contribution in [0.3, 0.4) is 0 Å². The fourth-order valence-corrected chi connectivity index (χ4v) is 1.76. The number of nitrogens with one attached hydrogen (secondary N) is 1. The lowest BCUT2D eigenvalue weighted by Gasteiger charge is -2.10. The van der Waals surface area contributed by atoms with Crippen molar-refractivity contribution in [3.8, 4) is 5.69 Å². The first kappa shape index (κ1) is 13.2. The van der Waals surface area contributed by atoms with Gasteiger partial charge in [-0.2, -0.15) is 0 Å². The van der Waals surface area contributed by atoms with Gasteiger partial charge in [-0.15, -0.1) is 5.10 Å². The standard InChI is InChI=1S/C13H17N5O/c14-8-4-3-7-13(19)16-11-5-1-2-6-12(11)18-10-9-15-17-18/h1-2,5-6,9-10H,3-4,7-8,14H2,(H,16,19). The molecule has 2 aromatic rings. The highest BCUT2D eigenvalue weighted by Gasteiger charge is 2.08. The molecule has 100 valence electrons. The Morgan fingerprint density at radius 3 is 2.89 bits per heavy atom. The second kappa shape index (κ2) is 6.65. The first-order valence-corrected chi connectivity index (χ1v) is 6.27. The van der Waals surface area contributed by atoms with Gasteiger partial charge in [0.2, 0.25) is 5.91 Å². The van der Waals surface area contributed by atoms with Gasteiger partial charge in [0.25, 0.3) is 0 Å². The second-order valence-electron chi connectivity index (χ2n) is 4.16. The number of rotatable bonds is 6. The molecule has 0 atom stereocenters. The zero-order valence-electron chi connectivity index (χ0n) is 10.6. The molecule has 0 saturated carbocycles. The maximum Gasteiger partial charge on any atom is 0.224 e. The van der Waals surface area contributed by atoms with Crippen LogP contribution in [0.2, 0.25) is 0 Å². The number of aromatic nitrogens is 3. The van der Waals surface area contributed by atoms with Crippen LogP contribution >= 0.6 is 0 Å². The summed E-state index contributed by atoms with van der Waals surface area (Å²) < 4.78 is 1.62. The molecule has 0 aliphatic rings. The van der Waals surface area contributed by atoms with Gasteiger partial charge in [-0.1, -0.05) is 17.3 Å². The van der Waals surface area contributed by atoms with Gasteiger partial charge in [-0.05, 0) is 31.5 Å². The number of nitrogens with two attached hydrogens (primary N) is 1. The topological polar surface area (TPSA) is 85.8 Å². The minimum atomic E-state index is -0.0129. The molecule has 19 heavy (non-hydrogen) atoms. The van der Waals surface area contributed by atoms with E-state index in [1.807, 2.05) is 24.3 Å². The highest BCUT2D eigenvalue weighted by atomic mass is 16.1. The van der Waals surface area contributed by atoms with Gasteiger partial charge in [-0.3, -0.25) is 4.79 Å². The molecule has 0 aliphatic heterocycles. The molecule has 1 aromatic carbocycles. The summed E-state index contributed by atoms with van der Waals surface area (Å²) in [5.74, 6) is -0.0129. The van der Waals surface area contributed by atoms with Gasteiger partial charge in [0.1, 0.15) is 0 Å². The number of carbonyl (C=O) groups is 1. The normalized spacial score (nSPS) is 10.4. The van der Waals surface area contributed by atoms with Gasteiger partial charge in [0.15, 0.2) is 0 Å². The Balaban J connectivity index is 2.06. The zero-order chi connectivity index (χ0) is 13.5. The van der Waals surface area contributed by atoms with Gasteiger partial charge in [-0.25, -0.2) is 4.68 Å². The molecule has 1 aromatic heterocycles. The third kappa shape index (κ3) is 3.62. The fourth-order valence-electron chi connectivity index (χ4n) is 1.76. The largest absolute Gasteiger partial charge is 0.330 e. The maximum atomic E-state index is 11.8. The van der Waals surface area contributed by atoms with E-state index in [1.165, 1.54) is 0 Å². The smallest absolute Gasteiger partial charge is 0.224 e. The molecule has 0 aliphatic carbocycles. The van der Waals surface area contributed by atoms with E-state index in [0.29, 0.717) is 13.0 Å². The van der Waals surface area contributed by atoms with Crippen molar-refractivity contribution in [1.29, 1.82) is 0 Å². The van der Waals surface area contributed by atoms with Crippen molar-refractivity contribution in [1.82, 2.24) is 15.0 Å². The first-order valence-electron chi connectivity index (χ1n) is 6.27. The van der Waals surface area contributed by atoms with Crippen molar-refractivity contribution in [3.63, 3.8) is 0 Å². The predicted octanol–water partition coefficient (Wildman–Crippen LogP) is 1.33. The molecule has 0 bridgehead atoms. The Morgan fingerprint density at radius 2 is 2.16 bits per heavy atom. The Kier molecular flexibility index (Phi) is 4.63. The van der Waals surface area contributed by atoms with Crippen LogP contribution in [0, 0.1) is 0 Å². The summed E-state index contributed by atoms with van der Waals surface area (Å²) in [6.45, 7) is 0.614. The average molecular weight is 259 g/mol. The molecule has 6 heteroatoms. The quantitative estimate of drug-likeness (QED) is 0.766. The lowest BCUT2D eigenvalue weighted by Crippen LogP contribution is -2.14. The van der Waals surface area contributed by atoms with Crippen molar-refractivity contribution in [2.75, 3.05) is 11.9 Å². The number of carbonyl (C=O) groups excluding carboxylic acids is 1. The molecule has 0 unspecified atom stereocenters. The number of benzene rings is 1. The van der Waals surface area contributed by atoms with Crippen LogP contribution < -0.4 is 11.1 Å². The minimum Gasteiger partial charge on any atom is -0.330 e. The maximum absolute atomic E-state index is 11.8. The number of para-hydroxylation sites is 2. The molecule has 0 fully saturated rings. The summed E-state index contributed by atoms with van der Waals surface area (Å²) in [5.41, 5.74) is 6.93.